The molecule has 0 radical (unpaired) electrons. The molecule has 0 saturated carbocycles. The second kappa shape index (κ2) is 6.33. The molecule has 1 aromatic carbocycles. The average molecular weight is 233 g/mol. The normalized spacial score (nSPS) is 11.0. The summed E-state index contributed by atoms with van der Waals surface area (Å²) in [5.41, 5.74) is 2.22. The smallest absolute Gasteiger partial charge is 0.235 e. The largest absolute Gasteiger partial charge is 0.379 e. The molecule has 1 rings (SSSR count). The van der Waals surface area contributed by atoms with Gasteiger partial charge in [0.2, 0.25) is 6.08 Å². The quantitative estimate of drug-likeness (QED) is 0.559. The van der Waals surface area contributed by atoms with Crippen LogP contribution in [0.1, 0.15) is 31.4 Å². The van der Waals surface area contributed by atoms with E-state index in [0.29, 0.717) is 6.54 Å². The molecule has 0 aliphatic carbocycles. The van der Waals surface area contributed by atoms with Crippen molar-refractivity contribution in [3.63, 3.8) is 0 Å². The maximum absolute atomic E-state index is 9.99. The van der Waals surface area contributed by atoms with Crippen molar-refractivity contribution in [3.05, 3.63) is 35.4 Å². The van der Waals surface area contributed by atoms with E-state index in [-0.39, 0.29) is 5.60 Å². The molecule has 0 spiro atoms. The Morgan fingerprint density at radius 3 is 2.35 bits per heavy atom. The van der Waals surface area contributed by atoms with Crippen LogP contribution in [0.15, 0.2) is 29.3 Å². The number of nitrogens with zero attached hydrogens (tertiary/aromatic N) is 1. The Labute approximate surface area is 103 Å². The van der Waals surface area contributed by atoms with E-state index >= 15 is 0 Å². The fourth-order valence-corrected chi connectivity index (χ4v) is 1.48. The van der Waals surface area contributed by atoms with Crippen molar-refractivity contribution in [2.24, 2.45) is 4.99 Å². The predicted molar refractivity (Wildman–Crippen MR) is 67.7 cm³/mol. The van der Waals surface area contributed by atoms with E-state index in [1.165, 1.54) is 5.56 Å². The van der Waals surface area contributed by atoms with Crippen molar-refractivity contribution in [1.29, 1.82) is 0 Å². The van der Waals surface area contributed by atoms with Gasteiger partial charge in [0.1, 0.15) is 0 Å². The third kappa shape index (κ3) is 4.94. The molecule has 3 nitrogen and oxygen atoms in total. The Bertz CT molecular complexity index is 389. The monoisotopic (exact) mass is 233 g/mol. The van der Waals surface area contributed by atoms with Crippen LogP contribution in [-0.4, -0.2) is 18.8 Å². The Hall–Kier alpha value is -1.44. The number of aryl methyl sites for hydroxylation is 1. The number of benzene rings is 1. The highest BCUT2D eigenvalue weighted by Crippen LogP contribution is 2.17. The minimum atomic E-state index is -0.0829. The molecule has 0 fully saturated rings. The molecule has 3 heteroatoms. The first kappa shape index (κ1) is 13.6. The molecule has 17 heavy (non-hydrogen) atoms. The van der Waals surface area contributed by atoms with Gasteiger partial charge in [0.15, 0.2) is 0 Å². The highest BCUT2D eigenvalue weighted by Gasteiger charge is 2.15. The van der Waals surface area contributed by atoms with Crippen LogP contribution in [0.25, 0.3) is 0 Å². The molecule has 0 aliphatic heterocycles. The van der Waals surface area contributed by atoms with E-state index in [1.54, 1.807) is 13.2 Å². The van der Waals surface area contributed by atoms with Crippen LogP contribution in [0.2, 0.25) is 0 Å². The van der Waals surface area contributed by atoms with E-state index < -0.39 is 0 Å². The van der Waals surface area contributed by atoms with Crippen molar-refractivity contribution < 1.29 is 9.53 Å². The molecule has 0 atom stereocenters. The summed E-state index contributed by atoms with van der Waals surface area (Å²) in [6.07, 6.45) is 3.51. The number of isocyanates is 1. The van der Waals surface area contributed by atoms with E-state index in [9.17, 15) is 4.79 Å². The molecule has 0 aromatic heterocycles. The first-order valence-electron chi connectivity index (χ1n) is 5.74. The molecule has 0 bridgehead atoms. The summed E-state index contributed by atoms with van der Waals surface area (Å²) in [5, 5.41) is 0. The van der Waals surface area contributed by atoms with Gasteiger partial charge < -0.3 is 4.74 Å². The summed E-state index contributed by atoms with van der Waals surface area (Å²) in [6, 6.07) is 8.13. The van der Waals surface area contributed by atoms with E-state index in [4.69, 9.17) is 4.74 Å². The van der Waals surface area contributed by atoms with Gasteiger partial charge in [0.25, 0.3) is 0 Å². The van der Waals surface area contributed by atoms with Crippen molar-refractivity contribution in [1.82, 2.24) is 0 Å². The third-order valence-electron chi connectivity index (χ3n) is 2.92. The average Bonchev–Trinajstić information content (AvgIpc) is 2.35. The van der Waals surface area contributed by atoms with Crippen LogP contribution in [0.4, 0.5) is 0 Å². The van der Waals surface area contributed by atoms with Crippen LogP contribution in [0, 0.1) is 0 Å². The first-order chi connectivity index (χ1) is 8.07. The zero-order valence-electron chi connectivity index (χ0n) is 10.7. The lowest BCUT2D eigenvalue weighted by molar-refractivity contribution is 0.0158. The van der Waals surface area contributed by atoms with Crippen LogP contribution < -0.4 is 0 Å². The molecule has 0 unspecified atom stereocenters. The van der Waals surface area contributed by atoms with Crippen molar-refractivity contribution in [3.8, 4) is 0 Å². The number of rotatable bonds is 6. The number of ether oxygens (including phenoxy) is 1. The molecule has 0 aliphatic rings. The van der Waals surface area contributed by atoms with E-state index in [0.717, 1.165) is 18.4 Å². The van der Waals surface area contributed by atoms with Crippen LogP contribution in [-0.2, 0) is 22.5 Å². The first-order valence-corrected chi connectivity index (χ1v) is 5.74. The van der Waals surface area contributed by atoms with Gasteiger partial charge >= 0.3 is 0 Å². The topological polar surface area (TPSA) is 38.7 Å². The molecule has 92 valence electrons. The number of carbonyl (C=O) groups excluding carboxylic acids is 1. The van der Waals surface area contributed by atoms with Gasteiger partial charge in [-0.05, 0) is 37.8 Å². The summed E-state index contributed by atoms with van der Waals surface area (Å²) < 4.78 is 5.38. The fourth-order valence-electron chi connectivity index (χ4n) is 1.48. The summed E-state index contributed by atoms with van der Waals surface area (Å²) in [5.74, 6) is 0. The van der Waals surface area contributed by atoms with Crippen LogP contribution in [0.5, 0.6) is 0 Å². The summed E-state index contributed by atoms with van der Waals surface area (Å²) >= 11 is 0. The SMILES string of the molecule is COC(C)(C)CCc1ccc(CN=C=O)cc1. The van der Waals surface area contributed by atoms with Crippen LogP contribution >= 0.6 is 0 Å². The summed E-state index contributed by atoms with van der Waals surface area (Å²) in [6.45, 7) is 4.58. The Morgan fingerprint density at radius 2 is 1.82 bits per heavy atom. The molecular weight excluding hydrogens is 214 g/mol. The van der Waals surface area contributed by atoms with Crippen LogP contribution in [0.3, 0.4) is 0 Å². The zero-order chi connectivity index (χ0) is 12.7. The summed E-state index contributed by atoms with van der Waals surface area (Å²) in [7, 11) is 1.74. The minimum absolute atomic E-state index is 0.0829. The fraction of sp³-hybridized carbons (Fsp3) is 0.500. The number of methoxy groups -OCH3 is 1. The minimum Gasteiger partial charge on any atom is -0.379 e. The molecule has 0 saturated heterocycles. The number of hydrogen-bond donors (Lipinski definition) is 0. The number of aliphatic imine (C=N–C) groups is 1. The Morgan fingerprint density at radius 1 is 1.24 bits per heavy atom. The van der Waals surface area contributed by atoms with Gasteiger partial charge in [-0.3, -0.25) is 0 Å². The molecule has 1 aromatic rings. The molecular formula is C14H19NO2. The third-order valence-corrected chi connectivity index (χ3v) is 2.92. The van der Waals surface area contributed by atoms with Crippen molar-refractivity contribution >= 4 is 6.08 Å². The lowest BCUT2D eigenvalue weighted by Crippen LogP contribution is -2.22. The lowest BCUT2D eigenvalue weighted by Gasteiger charge is -2.22. The van der Waals surface area contributed by atoms with E-state index in [1.807, 2.05) is 12.1 Å². The standard InChI is InChI=1S/C14H19NO2/c1-14(2,17-3)9-8-12-4-6-13(7-5-12)10-15-11-16/h4-7H,8-10H2,1-3H3. The van der Waals surface area contributed by atoms with Crippen molar-refractivity contribution in [2.75, 3.05) is 7.11 Å². The Kier molecular flexibility index (Phi) is 5.08. The van der Waals surface area contributed by atoms with Gasteiger partial charge in [-0.15, -0.1) is 0 Å². The summed E-state index contributed by atoms with van der Waals surface area (Å²) in [4.78, 5) is 13.5. The van der Waals surface area contributed by atoms with Gasteiger partial charge in [-0.2, -0.15) is 0 Å². The van der Waals surface area contributed by atoms with Gasteiger partial charge in [0.05, 0.1) is 12.1 Å². The highest BCUT2D eigenvalue weighted by molar-refractivity contribution is 5.34. The number of hydrogen-bond acceptors (Lipinski definition) is 3. The molecule has 0 amide bonds. The lowest BCUT2D eigenvalue weighted by atomic mass is 9.98. The maximum Gasteiger partial charge on any atom is 0.235 e. The zero-order valence-corrected chi connectivity index (χ0v) is 10.7. The van der Waals surface area contributed by atoms with E-state index in [2.05, 4.69) is 31.0 Å². The Balaban J connectivity index is 2.53. The predicted octanol–water partition coefficient (Wildman–Crippen LogP) is 2.88. The highest BCUT2D eigenvalue weighted by atomic mass is 16.5. The van der Waals surface area contributed by atoms with Crippen molar-refractivity contribution in [2.45, 2.75) is 38.8 Å². The molecule has 0 N–H and O–H groups in total. The second-order valence-corrected chi connectivity index (χ2v) is 4.69. The molecule has 0 heterocycles. The van der Waals surface area contributed by atoms with Gasteiger partial charge in [-0.1, -0.05) is 24.3 Å². The second-order valence-electron chi connectivity index (χ2n) is 4.69. The van der Waals surface area contributed by atoms with Gasteiger partial charge in [-0.25, -0.2) is 9.79 Å². The maximum atomic E-state index is 9.99. The van der Waals surface area contributed by atoms with Gasteiger partial charge in [0, 0.05) is 7.11 Å².